The number of aliphatic hydroxyl groups is 1. The smallest absolute Gasteiger partial charge is 0.462 e. The zero-order chi connectivity index (χ0) is 69.0. The first-order chi connectivity index (χ1) is 45.7. The fraction of sp³-hybridized carbons (Fsp3) is 0.813. The van der Waals surface area contributed by atoms with E-state index in [9.17, 15) is 43.2 Å². The molecule has 0 saturated carbocycles. The van der Waals surface area contributed by atoms with Crippen molar-refractivity contribution in [2.24, 2.45) is 0 Å². The predicted molar refractivity (Wildman–Crippen MR) is 381 cm³/mol. The Morgan fingerprint density at radius 3 is 0.819 bits per heavy atom. The van der Waals surface area contributed by atoms with E-state index < -0.39 is 97.5 Å². The summed E-state index contributed by atoms with van der Waals surface area (Å²) in [5.41, 5.74) is 0. The molecule has 0 aliphatic heterocycles. The van der Waals surface area contributed by atoms with Crippen molar-refractivity contribution in [3.05, 3.63) is 60.8 Å². The van der Waals surface area contributed by atoms with E-state index in [-0.39, 0.29) is 25.7 Å². The summed E-state index contributed by atoms with van der Waals surface area (Å²) in [5, 5.41) is 10.6. The van der Waals surface area contributed by atoms with E-state index in [2.05, 4.69) is 88.5 Å². The van der Waals surface area contributed by atoms with Crippen LogP contribution in [0, 0.1) is 0 Å². The molecule has 0 aromatic rings. The zero-order valence-electron chi connectivity index (χ0n) is 59.6. The number of phosphoric acid groups is 2. The number of hydrogen-bond donors (Lipinski definition) is 3. The molecule has 0 amide bonds. The Bertz CT molecular complexity index is 2030. The van der Waals surface area contributed by atoms with E-state index >= 15 is 0 Å². The van der Waals surface area contributed by atoms with Crippen molar-refractivity contribution in [3.8, 4) is 0 Å². The molecule has 0 fully saturated rings. The third kappa shape index (κ3) is 67.3. The monoisotopic (exact) mass is 1370 g/mol. The summed E-state index contributed by atoms with van der Waals surface area (Å²) >= 11 is 0. The van der Waals surface area contributed by atoms with Crippen LogP contribution in [-0.2, 0) is 65.4 Å². The normalized spacial score (nSPS) is 14.3. The average Bonchev–Trinajstić information content (AvgIpc) is 2.26. The van der Waals surface area contributed by atoms with E-state index in [0.29, 0.717) is 25.7 Å². The van der Waals surface area contributed by atoms with Gasteiger partial charge >= 0.3 is 39.5 Å². The SMILES string of the molecule is CCCCC/C=C\C/C=C\CCCCCCCC(=O)O[C@H](COC(=O)CCCCCCC/C=C\CCCCCC)COP(=O)(O)OC[C@@H](O)COP(=O)(O)OC[C@@H](COC(=O)CCCCCCC/C=C\CCCCCC)OC(=O)CCCCCCC/C=C\CCCCCC. The van der Waals surface area contributed by atoms with E-state index in [1.807, 2.05) is 0 Å². The molecule has 17 nitrogen and oxygen atoms in total. The first-order valence-corrected chi connectivity index (χ1v) is 40.5. The van der Waals surface area contributed by atoms with Crippen LogP contribution >= 0.6 is 15.6 Å². The number of esters is 4. The van der Waals surface area contributed by atoms with Gasteiger partial charge in [-0.15, -0.1) is 0 Å². The van der Waals surface area contributed by atoms with Gasteiger partial charge in [-0.2, -0.15) is 0 Å². The third-order valence-electron chi connectivity index (χ3n) is 15.9. The van der Waals surface area contributed by atoms with Crippen LogP contribution in [0.4, 0.5) is 0 Å². The Kier molecular flexibility index (Phi) is 65.9. The first-order valence-electron chi connectivity index (χ1n) is 37.5. The Hall–Kier alpha value is -3.24. The van der Waals surface area contributed by atoms with Gasteiger partial charge in [0.25, 0.3) is 0 Å². The quantitative estimate of drug-likeness (QED) is 0.0169. The van der Waals surface area contributed by atoms with Crippen LogP contribution in [0.2, 0.25) is 0 Å². The molecular weight excluding hydrogens is 1230 g/mol. The fourth-order valence-electron chi connectivity index (χ4n) is 10.1. The highest BCUT2D eigenvalue weighted by Crippen LogP contribution is 2.45. The maximum absolute atomic E-state index is 13.0. The lowest BCUT2D eigenvalue weighted by molar-refractivity contribution is -0.161. The van der Waals surface area contributed by atoms with Crippen LogP contribution in [0.3, 0.4) is 0 Å². The van der Waals surface area contributed by atoms with Crippen molar-refractivity contribution < 1.29 is 80.2 Å². The lowest BCUT2D eigenvalue weighted by atomic mass is 10.1. The maximum atomic E-state index is 13.0. The second kappa shape index (κ2) is 68.3. The van der Waals surface area contributed by atoms with Crippen molar-refractivity contribution in [2.75, 3.05) is 39.6 Å². The standard InChI is InChI=1S/C75H136O17P2/c1-5-9-13-17-21-25-29-33-34-38-42-46-50-54-58-62-75(80)92-71(66-86-73(78)60-56-52-48-44-40-36-31-27-23-19-15-11-7-3)68-90-94(83,84)88-64-69(76)63-87-93(81,82)89-67-70(91-74(79)61-57-53-49-45-41-37-32-28-24-20-16-12-8-4)65-85-72(77)59-55-51-47-43-39-35-30-26-22-18-14-10-6-2/h21,25-28,30-34,69-71,76H,5-20,22-24,29,35-68H2,1-4H3,(H,81,82)(H,83,84)/b25-21-,30-26-,31-27-,32-28-,34-33-/t69-,70+,71+/m0/s1. The Labute approximate surface area is 571 Å². The number of unbranched alkanes of at least 4 members (excludes halogenated alkanes) is 35. The van der Waals surface area contributed by atoms with Gasteiger partial charge in [0.15, 0.2) is 12.2 Å². The first kappa shape index (κ1) is 90.8. The summed E-state index contributed by atoms with van der Waals surface area (Å²) in [4.78, 5) is 72.7. The minimum atomic E-state index is -4.97. The Balaban J connectivity index is 5.34. The molecule has 3 N–H and O–H groups in total. The fourth-order valence-corrected chi connectivity index (χ4v) is 11.7. The van der Waals surface area contributed by atoms with Gasteiger partial charge in [-0.1, -0.05) is 236 Å². The number of ether oxygens (including phenoxy) is 4. The summed E-state index contributed by atoms with van der Waals surface area (Å²) in [5.74, 6) is -2.20. The molecule has 0 aliphatic rings. The van der Waals surface area contributed by atoms with Crippen molar-refractivity contribution in [2.45, 2.75) is 354 Å². The van der Waals surface area contributed by atoms with Crippen LogP contribution in [0.15, 0.2) is 60.8 Å². The molecular formula is C75H136O17P2. The minimum absolute atomic E-state index is 0.0805. The number of carbonyl (C=O) groups is 4. The second-order valence-electron chi connectivity index (χ2n) is 25.2. The average molecular weight is 1370 g/mol. The molecule has 0 bridgehead atoms. The molecule has 94 heavy (non-hydrogen) atoms. The molecule has 0 heterocycles. The van der Waals surface area contributed by atoms with E-state index in [0.717, 1.165) is 161 Å². The molecule has 0 rings (SSSR count). The summed E-state index contributed by atoms with van der Waals surface area (Å²) in [6.07, 6.45) is 65.0. The highest BCUT2D eigenvalue weighted by molar-refractivity contribution is 7.47. The van der Waals surface area contributed by atoms with Gasteiger partial charge in [0.05, 0.1) is 26.4 Å². The number of rotatable bonds is 71. The van der Waals surface area contributed by atoms with Crippen LogP contribution in [0.25, 0.3) is 0 Å². The van der Waals surface area contributed by atoms with E-state index in [1.165, 1.54) is 96.3 Å². The summed E-state index contributed by atoms with van der Waals surface area (Å²) < 4.78 is 68.4. The minimum Gasteiger partial charge on any atom is -0.462 e. The molecule has 0 saturated heterocycles. The Morgan fingerprint density at radius 1 is 0.298 bits per heavy atom. The molecule has 0 radical (unpaired) electrons. The zero-order valence-corrected chi connectivity index (χ0v) is 61.4. The highest BCUT2D eigenvalue weighted by Gasteiger charge is 2.30. The number of hydrogen-bond acceptors (Lipinski definition) is 15. The molecule has 2 unspecified atom stereocenters. The van der Waals surface area contributed by atoms with Crippen LogP contribution < -0.4 is 0 Å². The molecule has 548 valence electrons. The second-order valence-corrected chi connectivity index (χ2v) is 28.1. The van der Waals surface area contributed by atoms with Gasteiger partial charge in [-0.25, -0.2) is 9.13 Å². The molecule has 0 aromatic carbocycles. The van der Waals surface area contributed by atoms with Crippen LogP contribution in [-0.4, -0.2) is 96.7 Å². The van der Waals surface area contributed by atoms with Crippen molar-refractivity contribution in [1.82, 2.24) is 0 Å². The molecule has 19 heteroatoms. The molecule has 5 atom stereocenters. The van der Waals surface area contributed by atoms with Crippen molar-refractivity contribution in [1.29, 1.82) is 0 Å². The lowest BCUT2D eigenvalue weighted by Gasteiger charge is -2.21. The van der Waals surface area contributed by atoms with E-state index in [4.69, 9.17) is 37.0 Å². The molecule has 0 aliphatic carbocycles. The highest BCUT2D eigenvalue weighted by atomic mass is 31.2. The summed E-state index contributed by atoms with van der Waals surface area (Å²) in [7, 11) is -9.94. The molecule has 0 aromatic heterocycles. The van der Waals surface area contributed by atoms with E-state index in [1.54, 1.807) is 0 Å². The third-order valence-corrected chi connectivity index (χ3v) is 17.8. The lowest BCUT2D eigenvalue weighted by Crippen LogP contribution is -2.30. The Morgan fingerprint density at radius 2 is 0.521 bits per heavy atom. The van der Waals surface area contributed by atoms with Gasteiger partial charge < -0.3 is 33.8 Å². The van der Waals surface area contributed by atoms with Gasteiger partial charge in [-0.3, -0.25) is 37.3 Å². The summed E-state index contributed by atoms with van der Waals surface area (Å²) in [6.45, 7) is 4.79. The van der Waals surface area contributed by atoms with Gasteiger partial charge in [0.1, 0.15) is 19.3 Å². The van der Waals surface area contributed by atoms with Gasteiger partial charge in [-0.05, 0) is 135 Å². The van der Waals surface area contributed by atoms with Crippen LogP contribution in [0.5, 0.6) is 0 Å². The summed E-state index contributed by atoms with van der Waals surface area (Å²) in [6, 6.07) is 0. The van der Waals surface area contributed by atoms with Crippen molar-refractivity contribution in [3.63, 3.8) is 0 Å². The van der Waals surface area contributed by atoms with Gasteiger partial charge in [0, 0.05) is 25.7 Å². The number of allylic oxidation sites excluding steroid dienone is 10. The predicted octanol–water partition coefficient (Wildman–Crippen LogP) is 21.1. The number of carbonyl (C=O) groups excluding carboxylic acids is 4. The van der Waals surface area contributed by atoms with Crippen molar-refractivity contribution >= 4 is 39.5 Å². The van der Waals surface area contributed by atoms with Gasteiger partial charge in [0.2, 0.25) is 0 Å². The largest absolute Gasteiger partial charge is 0.472 e. The number of phosphoric ester groups is 2. The number of aliphatic hydroxyl groups excluding tert-OH is 1. The molecule has 0 spiro atoms. The maximum Gasteiger partial charge on any atom is 0.472 e. The topological polar surface area (TPSA) is 237 Å². The van der Waals surface area contributed by atoms with Crippen LogP contribution in [0.1, 0.15) is 336 Å².